The van der Waals surface area contributed by atoms with E-state index in [9.17, 15) is 0 Å². The van der Waals surface area contributed by atoms with Crippen molar-refractivity contribution in [1.82, 2.24) is 19.7 Å². The van der Waals surface area contributed by atoms with Crippen molar-refractivity contribution in [3.8, 4) is 0 Å². The van der Waals surface area contributed by atoms with Crippen LogP contribution in [0.4, 0.5) is 0 Å². The quantitative estimate of drug-likeness (QED) is 0.796. The van der Waals surface area contributed by atoms with Gasteiger partial charge in [0.1, 0.15) is 0 Å². The van der Waals surface area contributed by atoms with Gasteiger partial charge in [0.15, 0.2) is 0 Å². The summed E-state index contributed by atoms with van der Waals surface area (Å²) in [4.78, 5) is 6.61. The molecule has 2 aromatic heterocycles. The molecule has 2 aliphatic rings. The zero-order chi connectivity index (χ0) is 17.8. The first kappa shape index (κ1) is 17.6. The van der Waals surface area contributed by atoms with Gasteiger partial charge in [0.2, 0.25) is 0 Å². The van der Waals surface area contributed by atoms with Crippen LogP contribution in [0.25, 0.3) is 0 Å². The molecule has 2 aromatic rings. The molecule has 4 heterocycles. The van der Waals surface area contributed by atoms with Gasteiger partial charge in [0.05, 0.1) is 25.5 Å². The van der Waals surface area contributed by atoms with Crippen molar-refractivity contribution in [2.75, 3.05) is 26.3 Å². The second-order valence-electron chi connectivity index (χ2n) is 7.70. The van der Waals surface area contributed by atoms with Gasteiger partial charge in [0.25, 0.3) is 0 Å². The van der Waals surface area contributed by atoms with E-state index in [-0.39, 0.29) is 5.41 Å². The van der Waals surface area contributed by atoms with E-state index >= 15 is 0 Å². The van der Waals surface area contributed by atoms with Crippen LogP contribution in [-0.2, 0) is 29.7 Å². The average molecular weight is 356 g/mol. The molecule has 4 rings (SSSR count). The van der Waals surface area contributed by atoms with Gasteiger partial charge in [-0.2, -0.15) is 5.10 Å². The fourth-order valence-corrected chi connectivity index (χ4v) is 4.39. The lowest BCUT2D eigenvalue weighted by atomic mass is 9.73. The molecule has 0 bridgehead atoms. The van der Waals surface area contributed by atoms with Crippen molar-refractivity contribution < 1.29 is 9.47 Å². The molecule has 6 heteroatoms. The van der Waals surface area contributed by atoms with Gasteiger partial charge in [-0.25, -0.2) is 0 Å². The van der Waals surface area contributed by atoms with Crippen molar-refractivity contribution in [3.63, 3.8) is 0 Å². The van der Waals surface area contributed by atoms with E-state index in [0.717, 1.165) is 45.7 Å². The summed E-state index contributed by atoms with van der Waals surface area (Å²) in [7, 11) is 1.97. The predicted molar refractivity (Wildman–Crippen MR) is 98.4 cm³/mol. The maximum absolute atomic E-state index is 6.17. The average Bonchev–Trinajstić information content (AvgIpc) is 3.07. The molecule has 2 aliphatic heterocycles. The fourth-order valence-electron chi connectivity index (χ4n) is 4.39. The molecule has 0 amide bonds. The first-order valence-electron chi connectivity index (χ1n) is 9.52. The van der Waals surface area contributed by atoms with Gasteiger partial charge in [-0.15, -0.1) is 0 Å². The van der Waals surface area contributed by atoms with Crippen LogP contribution in [-0.4, -0.2) is 52.1 Å². The van der Waals surface area contributed by atoms with E-state index in [1.165, 1.54) is 17.5 Å². The summed E-state index contributed by atoms with van der Waals surface area (Å²) >= 11 is 0. The Hall–Kier alpha value is -1.76. The van der Waals surface area contributed by atoms with Crippen molar-refractivity contribution in [1.29, 1.82) is 0 Å². The molecule has 2 fully saturated rings. The Kier molecular flexibility index (Phi) is 5.33. The van der Waals surface area contributed by atoms with E-state index in [1.807, 2.05) is 42.5 Å². The summed E-state index contributed by atoms with van der Waals surface area (Å²) in [5.74, 6) is 0. The minimum absolute atomic E-state index is 0.103. The van der Waals surface area contributed by atoms with Crippen molar-refractivity contribution in [2.45, 2.75) is 38.5 Å². The number of fused-ring (bicyclic) bond motifs is 1. The first-order valence-corrected chi connectivity index (χ1v) is 9.52. The van der Waals surface area contributed by atoms with Gasteiger partial charge >= 0.3 is 0 Å². The molecule has 140 valence electrons. The standard InChI is InChI=1S/C20H28N4O2/c1-23-12-18(11-22-23)13-24-9-5-19-20(15-24,6-2-10-26-19)16-25-14-17-3-7-21-8-4-17/h3-4,7-8,11-12,19H,2,5-6,9-10,13-16H2,1H3/t19-,20+/m1/s1. The van der Waals surface area contributed by atoms with Crippen LogP contribution in [0.3, 0.4) is 0 Å². The van der Waals surface area contributed by atoms with Crippen LogP contribution in [0.2, 0.25) is 0 Å². The molecule has 0 radical (unpaired) electrons. The maximum Gasteiger partial charge on any atom is 0.0718 e. The molecule has 2 saturated heterocycles. The Balaban J connectivity index is 1.40. The normalized spacial score (nSPS) is 26.6. The van der Waals surface area contributed by atoms with Crippen molar-refractivity contribution >= 4 is 0 Å². The van der Waals surface area contributed by atoms with Crippen LogP contribution >= 0.6 is 0 Å². The lowest BCUT2D eigenvalue weighted by Crippen LogP contribution is -2.56. The molecule has 0 unspecified atom stereocenters. The van der Waals surface area contributed by atoms with E-state index in [1.54, 1.807) is 0 Å². The van der Waals surface area contributed by atoms with Crippen molar-refractivity contribution in [2.24, 2.45) is 12.5 Å². The number of aryl methyl sites for hydroxylation is 1. The van der Waals surface area contributed by atoms with Crippen LogP contribution in [0, 0.1) is 5.41 Å². The largest absolute Gasteiger partial charge is 0.377 e. The summed E-state index contributed by atoms with van der Waals surface area (Å²) in [5, 5.41) is 4.30. The van der Waals surface area contributed by atoms with E-state index in [4.69, 9.17) is 9.47 Å². The van der Waals surface area contributed by atoms with Gasteiger partial charge < -0.3 is 9.47 Å². The highest BCUT2D eigenvalue weighted by atomic mass is 16.5. The van der Waals surface area contributed by atoms with Crippen LogP contribution in [0.1, 0.15) is 30.4 Å². The highest BCUT2D eigenvalue weighted by Gasteiger charge is 2.46. The number of nitrogens with zero attached hydrogens (tertiary/aromatic N) is 4. The summed E-state index contributed by atoms with van der Waals surface area (Å²) in [6.45, 7) is 5.34. The fraction of sp³-hybridized carbons (Fsp3) is 0.600. The minimum atomic E-state index is 0.103. The number of ether oxygens (including phenoxy) is 2. The Morgan fingerprint density at radius 2 is 2.19 bits per heavy atom. The highest BCUT2D eigenvalue weighted by Crippen LogP contribution is 2.41. The molecule has 26 heavy (non-hydrogen) atoms. The molecule has 2 atom stereocenters. The third-order valence-electron chi connectivity index (χ3n) is 5.64. The number of piperidine rings is 1. The SMILES string of the molecule is Cn1cc(CN2CC[C@H]3OCCC[C@@]3(COCc3ccncc3)C2)cn1. The summed E-state index contributed by atoms with van der Waals surface area (Å²) < 4.78 is 14.2. The van der Waals surface area contributed by atoms with E-state index in [2.05, 4.69) is 21.2 Å². The number of hydrogen-bond donors (Lipinski definition) is 0. The van der Waals surface area contributed by atoms with Crippen LogP contribution in [0.5, 0.6) is 0 Å². The topological polar surface area (TPSA) is 52.4 Å². The molecule has 0 saturated carbocycles. The van der Waals surface area contributed by atoms with E-state index < -0.39 is 0 Å². The summed E-state index contributed by atoms with van der Waals surface area (Å²) in [5.41, 5.74) is 2.55. The Labute approximate surface area is 155 Å². The number of pyridine rings is 1. The molecule has 0 spiro atoms. The van der Waals surface area contributed by atoms with Crippen molar-refractivity contribution in [3.05, 3.63) is 48.0 Å². The summed E-state index contributed by atoms with van der Waals surface area (Å²) in [6, 6.07) is 4.03. The lowest BCUT2D eigenvalue weighted by Gasteiger charge is -2.50. The van der Waals surface area contributed by atoms with Crippen LogP contribution in [0.15, 0.2) is 36.9 Å². The Bertz CT molecular complexity index is 705. The monoisotopic (exact) mass is 356 g/mol. The maximum atomic E-state index is 6.17. The first-order chi connectivity index (χ1) is 12.7. The number of hydrogen-bond acceptors (Lipinski definition) is 5. The molecular weight excluding hydrogens is 328 g/mol. The van der Waals surface area contributed by atoms with E-state index in [0.29, 0.717) is 12.7 Å². The molecule has 0 aromatic carbocycles. The molecule has 0 N–H and O–H groups in total. The van der Waals surface area contributed by atoms with Gasteiger partial charge in [-0.05, 0) is 37.0 Å². The zero-order valence-electron chi connectivity index (χ0n) is 15.5. The Morgan fingerprint density at radius 1 is 1.31 bits per heavy atom. The smallest absolute Gasteiger partial charge is 0.0718 e. The summed E-state index contributed by atoms with van der Waals surface area (Å²) in [6.07, 6.45) is 11.4. The zero-order valence-corrected chi connectivity index (χ0v) is 15.5. The molecule has 0 aliphatic carbocycles. The molecular formula is C20H28N4O2. The van der Waals surface area contributed by atoms with Crippen LogP contribution < -0.4 is 0 Å². The number of rotatable bonds is 6. The Morgan fingerprint density at radius 3 is 3.00 bits per heavy atom. The molecule has 6 nitrogen and oxygen atoms in total. The third-order valence-corrected chi connectivity index (χ3v) is 5.64. The number of likely N-dealkylation sites (tertiary alicyclic amines) is 1. The second kappa shape index (κ2) is 7.86. The number of aromatic nitrogens is 3. The van der Waals surface area contributed by atoms with Gasteiger partial charge in [-0.1, -0.05) is 0 Å². The minimum Gasteiger partial charge on any atom is -0.377 e. The van der Waals surface area contributed by atoms with Gasteiger partial charge in [0, 0.05) is 62.9 Å². The lowest BCUT2D eigenvalue weighted by molar-refractivity contribution is -0.155. The third kappa shape index (κ3) is 3.98. The highest BCUT2D eigenvalue weighted by molar-refractivity contribution is 5.08. The van der Waals surface area contributed by atoms with Gasteiger partial charge in [-0.3, -0.25) is 14.6 Å². The second-order valence-corrected chi connectivity index (χ2v) is 7.70. The predicted octanol–water partition coefficient (Wildman–Crippen LogP) is 2.40.